The van der Waals surface area contributed by atoms with Gasteiger partial charge >= 0.3 is 0 Å². The molecule has 0 saturated carbocycles. The monoisotopic (exact) mass is 327 g/mol. The highest BCUT2D eigenvalue weighted by molar-refractivity contribution is 6.34. The lowest BCUT2D eigenvalue weighted by atomic mass is 9.94. The Bertz CT molecular complexity index is 778. The first-order chi connectivity index (χ1) is 10.6. The maximum Gasteiger partial charge on any atom is 0.0505 e. The predicted octanol–water partition coefficient (Wildman–Crippen LogP) is 5.83. The zero-order valence-corrected chi connectivity index (χ0v) is 13.4. The lowest BCUT2D eigenvalue weighted by molar-refractivity contribution is 1.20. The minimum atomic E-state index is 0.636. The Morgan fingerprint density at radius 1 is 0.818 bits per heavy atom. The van der Waals surface area contributed by atoms with Gasteiger partial charge in [-0.15, -0.1) is 0 Å². The molecule has 0 bridgehead atoms. The van der Waals surface area contributed by atoms with Crippen LogP contribution in [0.1, 0.15) is 11.1 Å². The third-order valence-electron chi connectivity index (χ3n) is 3.62. The lowest BCUT2D eigenvalue weighted by Gasteiger charge is -2.14. The Kier molecular flexibility index (Phi) is 4.37. The van der Waals surface area contributed by atoms with Gasteiger partial charge in [0.05, 0.1) is 5.02 Å². The number of hydrogen-bond donors (Lipinski definition) is 1. The van der Waals surface area contributed by atoms with Crippen molar-refractivity contribution in [3.05, 3.63) is 87.9 Å². The number of halogens is 2. The highest BCUT2D eigenvalue weighted by Crippen LogP contribution is 2.37. The molecule has 3 aromatic rings. The van der Waals surface area contributed by atoms with Gasteiger partial charge in [0.25, 0.3) is 0 Å². The van der Waals surface area contributed by atoms with Crippen LogP contribution in [0, 0.1) is 0 Å². The van der Waals surface area contributed by atoms with E-state index in [9.17, 15) is 0 Å². The van der Waals surface area contributed by atoms with E-state index in [0.717, 1.165) is 23.1 Å². The van der Waals surface area contributed by atoms with E-state index in [4.69, 9.17) is 28.9 Å². The van der Waals surface area contributed by atoms with Gasteiger partial charge in [-0.25, -0.2) is 0 Å². The summed E-state index contributed by atoms with van der Waals surface area (Å²) in [5.74, 6) is 0. The van der Waals surface area contributed by atoms with Crippen LogP contribution in [0.5, 0.6) is 0 Å². The van der Waals surface area contributed by atoms with E-state index in [2.05, 4.69) is 12.1 Å². The molecule has 22 heavy (non-hydrogen) atoms. The Balaban J connectivity index is 2.13. The summed E-state index contributed by atoms with van der Waals surface area (Å²) in [5, 5.41) is 1.31. The molecule has 0 heterocycles. The number of nitrogens with two attached hydrogens (primary N) is 1. The minimum absolute atomic E-state index is 0.636. The predicted molar refractivity (Wildman–Crippen MR) is 95.6 cm³/mol. The molecular formula is C19H15Cl2N. The summed E-state index contributed by atoms with van der Waals surface area (Å²) < 4.78 is 0. The quantitative estimate of drug-likeness (QED) is 0.601. The van der Waals surface area contributed by atoms with Gasteiger partial charge in [-0.3, -0.25) is 0 Å². The zero-order chi connectivity index (χ0) is 15.5. The number of rotatable bonds is 3. The van der Waals surface area contributed by atoms with Crippen molar-refractivity contribution in [2.75, 3.05) is 5.73 Å². The van der Waals surface area contributed by atoms with Crippen molar-refractivity contribution in [2.24, 2.45) is 0 Å². The molecule has 0 amide bonds. The van der Waals surface area contributed by atoms with Crippen molar-refractivity contribution >= 4 is 28.9 Å². The number of hydrogen-bond acceptors (Lipinski definition) is 1. The Morgan fingerprint density at radius 3 is 2.32 bits per heavy atom. The molecular weight excluding hydrogens is 313 g/mol. The Labute approximate surface area is 140 Å². The average Bonchev–Trinajstić information content (AvgIpc) is 2.51. The van der Waals surface area contributed by atoms with Crippen molar-refractivity contribution < 1.29 is 0 Å². The van der Waals surface area contributed by atoms with Gasteiger partial charge in [0.1, 0.15) is 0 Å². The summed E-state index contributed by atoms with van der Waals surface area (Å²) >= 11 is 12.6. The van der Waals surface area contributed by atoms with Gasteiger partial charge < -0.3 is 5.73 Å². The van der Waals surface area contributed by atoms with E-state index in [0.29, 0.717) is 15.7 Å². The van der Waals surface area contributed by atoms with Gasteiger partial charge in [-0.2, -0.15) is 0 Å². The van der Waals surface area contributed by atoms with Gasteiger partial charge in [0.2, 0.25) is 0 Å². The highest BCUT2D eigenvalue weighted by Gasteiger charge is 2.13. The first-order valence-electron chi connectivity index (χ1n) is 7.02. The zero-order valence-electron chi connectivity index (χ0n) is 11.9. The van der Waals surface area contributed by atoms with E-state index in [1.54, 1.807) is 0 Å². The first kappa shape index (κ1) is 15.0. The molecule has 0 aliphatic carbocycles. The topological polar surface area (TPSA) is 26.0 Å². The van der Waals surface area contributed by atoms with Crippen molar-refractivity contribution in [1.82, 2.24) is 0 Å². The molecule has 0 saturated heterocycles. The highest BCUT2D eigenvalue weighted by atomic mass is 35.5. The second kappa shape index (κ2) is 6.43. The van der Waals surface area contributed by atoms with Crippen molar-refractivity contribution in [1.29, 1.82) is 0 Å². The molecule has 110 valence electrons. The molecule has 0 aliphatic heterocycles. The Morgan fingerprint density at radius 2 is 1.59 bits per heavy atom. The van der Waals surface area contributed by atoms with Gasteiger partial charge in [0, 0.05) is 16.3 Å². The molecule has 0 aromatic heterocycles. The van der Waals surface area contributed by atoms with Crippen LogP contribution in [0.25, 0.3) is 11.1 Å². The summed E-state index contributed by atoms with van der Waals surface area (Å²) in [6, 6.07) is 21.7. The molecule has 0 fully saturated rings. The molecule has 3 heteroatoms. The lowest BCUT2D eigenvalue weighted by Crippen LogP contribution is -1.96. The molecule has 0 aliphatic rings. The smallest absolute Gasteiger partial charge is 0.0505 e. The fraction of sp³-hybridized carbons (Fsp3) is 0.0526. The summed E-state index contributed by atoms with van der Waals surface area (Å²) in [7, 11) is 0. The molecule has 3 aromatic carbocycles. The third-order valence-corrected chi connectivity index (χ3v) is 4.17. The SMILES string of the molecule is Nc1cccc(Cl)c1-c1cc(Cl)ccc1Cc1ccccc1. The second-order valence-electron chi connectivity index (χ2n) is 5.17. The van der Waals surface area contributed by atoms with Crippen LogP contribution in [0.4, 0.5) is 5.69 Å². The maximum atomic E-state index is 6.37. The van der Waals surface area contributed by atoms with Gasteiger partial charge in [0.15, 0.2) is 0 Å². The first-order valence-corrected chi connectivity index (χ1v) is 7.77. The fourth-order valence-corrected chi connectivity index (χ4v) is 3.03. The van der Waals surface area contributed by atoms with Crippen LogP contribution in [-0.2, 0) is 6.42 Å². The minimum Gasteiger partial charge on any atom is -0.398 e. The molecule has 0 spiro atoms. The number of benzene rings is 3. The van der Waals surface area contributed by atoms with E-state index in [1.165, 1.54) is 5.56 Å². The molecule has 0 unspecified atom stereocenters. The largest absolute Gasteiger partial charge is 0.398 e. The fourth-order valence-electron chi connectivity index (χ4n) is 2.58. The van der Waals surface area contributed by atoms with Crippen molar-refractivity contribution in [2.45, 2.75) is 6.42 Å². The van der Waals surface area contributed by atoms with E-state index >= 15 is 0 Å². The van der Waals surface area contributed by atoms with E-state index in [-0.39, 0.29) is 0 Å². The summed E-state index contributed by atoms with van der Waals surface area (Å²) in [4.78, 5) is 0. The number of anilines is 1. The van der Waals surface area contributed by atoms with Gasteiger partial charge in [-0.1, -0.05) is 65.7 Å². The summed E-state index contributed by atoms with van der Waals surface area (Å²) in [5.41, 5.74) is 11.0. The van der Waals surface area contributed by atoms with E-state index in [1.807, 2.05) is 54.6 Å². The Hall–Kier alpha value is -1.96. The van der Waals surface area contributed by atoms with Gasteiger partial charge in [-0.05, 0) is 47.4 Å². The third kappa shape index (κ3) is 3.11. The second-order valence-corrected chi connectivity index (χ2v) is 6.01. The van der Waals surface area contributed by atoms with E-state index < -0.39 is 0 Å². The standard InChI is InChI=1S/C19H15Cl2N/c20-15-10-9-14(11-13-5-2-1-3-6-13)16(12-15)19-17(21)7-4-8-18(19)22/h1-10,12H,11,22H2. The summed E-state index contributed by atoms with van der Waals surface area (Å²) in [6.45, 7) is 0. The maximum absolute atomic E-state index is 6.37. The van der Waals surface area contributed by atoms with Crippen LogP contribution < -0.4 is 5.73 Å². The molecule has 2 N–H and O–H groups in total. The van der Waals surface area contributed by atoms with Crippen LogP contribution in [-0.4, -0.2) is 0 Å². The molecule has 1 nitrogen and oxygen atoms in total. The average molecular weight is 328 g/mol. The van der Waals surface area contributed by atoms with Crippen LogP contribution in [0.3, 0.4) is 0 Å². The molecule has 0 atom stereocenters. The number of nitrogen functional groups attached to an aromatic ring is 1. The van der Waals surface area contributed by atoms with Crippen LogP contribution in [0.2, 0.25) is 10.0 Å². The normalized spacial score (nSPS) is 10.6. The van der Waals surface area contributed by atoms with Crippen molar-refractivity contribution in [3.8, 4) is 11.1 Å². The van der Waals surface area contributed by atoms with Crippen LogP contribution in [0.15, 0.2) is 66.7 Å². The van der Waals surface area contributed by atoms with Crippen LogP contribution >= 0.6 is 23.2 Å². The van der Waals surface area contributed by atoms with Crippen molar-refractivity contribution in [3.63, 3.8) is 0 Å². The molecule has 3 rings (SSSR count). The summed E-state index contributed by atoms with van der Waals surface area (Å²) in [6.07, 6.45) is 0.804. The molecule has 0 radical (unpaired) electrons.